The number of thiazole rings is 1. The van der Waals surface area contributed by atoms with E-state index in [1.807, 2.05) is 6.92 Å². The molecular formula is C7H10ClNOS. The molecule has 0 bridgehead atoms. The summed E-state index contributed by atoms with van der Waals surface area (Å²) in [6.45, 7) is 2.15. The lowest BCUT2D eigenvalue weighted by molar-refractivity contribution is 0.289. The van der Waals surface area contributed by atoms with Crippen LogP contribution in [0, 0.1) is 6.92 Å². The van der Waals surface area contributed by atoms with Gasteiger partial charge in [0.2, 0.25) is 0 Å². The van der Waals surface area contributed by atoms with Gasteiger partial charge in [0.25, 0.3) is 0 Å². The molecule has 0 saturated heterocycles. The van der Waals surface area contributed by atoms with Crippen molar-refractivity contribution in [2.75, 3.05) is 6.61 Å². The second kappa shape index (κ2) is 4.04. The smallest absolute Gasteiger partial charge is 0.143 e. The van der Waals surface area contributed by atoms with Crippen LogP contribution in [0.5, 0.6) is 0 Å². The van der Waals surface area contributed by atoms with Crippen LogP contribution in [0.2, 0.25) is 5.15 Å². The highest BCUT2D eigenvalue weighted by Crippen LogP contribution is 2.23. The van der Waals surface area contributed by atoms with E-state index in [0.717, 1.165) is 22.7 Å². The molecule has 1 aromatic heterocycles. The van der Waals surface area contributed by atoms with E-state index >= 15 is 0 Å². The van der Waals surface area contributed by atoms with Crippen LogP contribution in [0.4, 0.5) is 0 Å². The van der Waals surface area contributed by atoms with Crippen LogP contribution in [0.15, 0.2) is 0 Å². The van der Waals surface area contributed by atoms with Crippen LogP contribution in [0.1, 0.15) is 16.3 Å². The predicted molar refractivity (Wildman–Crippen MR) is 47.3 cm³/mol. The molecule has 1 aromatic rings. The molecular weight excluding hydrogens is 182 g/mol. The van der Waals surface area contributed by atoms with Crippen LogP contribution < -0.4 is 0 Å². The fourth-order valence-electron chi connectivity index (χ4n) is 0.838. The van der Waals surface area contributed by atoms with E-state index in [4.69, 9.17) is 16.7 Å². The number of aromatic nitrogens is 1. The summed E-state index contributed by atoms with van der Waals surface area (Å²) in [6, 6.07) is 0. The number of hydrogen-bond donors (Lipinski definition) is 1. The quantitative estimate of drug-likeness (QED) is 0.793. The normalized spacial score (nSPS) is 10.5. The van der Waals surface area contributed by atoms with Crippen molar-refractivity contribution in [3.63, 3.8) is 0 Å². The Hall–Kier alpha value is -0.120. The molecule has 2 nitrogen and oxygen atoms in total. The van der Waals surface area contributed by atoms with E-state index in [-0.39, 0.29) is 6.61 Å². The van der Waals surface area contributed by atoms with Gasteiger partial charge in [-0.25, -0.2) is 4.98 Å². The van der Waals surface area contributed by atoms with E-state index in [0.29, 0.717) is 5.15 Å². The maximum Gasteiger partial charge on any atom is 0.143 e. The second-order valence-corrected chi connectivity index (χ2v) is 3.92. The lowest BCUT2D eigenvalue weighted by Gasteiger charge is -1.92. The Morgan fingerprint density at radius 2 is 2.36 bits per heavy atom. The Balaban J connectivity index is 2.62. The van der Waals surface area contributed by atoms with Crippen LogP contribution in [0.25, 0.3) is 0 Å². The molecule has 0 spiro atoms. The van der Waals surface area contributed by atoms with Crippen molar-refractivity contribution in [2.45, 2.75) is 19.8 Å². The van der Waals surface area contributed by atoms with Gasteiger partial charge in [-0.05, 0) is 19.8 Å². The summed E-state index contributed by atoms with van der Waals surface area (Å²) >= 11 is 7.40. The van der Waals surface area contributed by atoms with E-state index in [9.17, 15) is 0 Å². The van der Waals surface area contributed by atoms with Crippen molar-refractivity contribution in [2.24, 2.45) is 0 Å². The highest BCUT2D eigenvalue weighted by molar-refractivity contribution is 7.12. The standard InChI is InChI=1S/C7H10ClNOS/c1-5-9-7(8)6(11-5)3-2-4-10/h10H,2-4H2,1H3. The first-order chi connectivity index (χ1) is 5.24. The van der Waals surface area contributed by atoms with Gasteiger partial charge in [0.15, 0.2) is 0 Å². The third-order valence-electron chi connectivity index (χ3n) is 1.32. The minimum atomic E-state index is 0.216. The number of halogens is 1. The van der Waals surface area contributed by atoms with Gasteiger partial charge in [-0.2, -0.15) is 0 Å². The molecule has 62 valence electrons. The fraction of sp³-hybridized carbons (Fsp3) is 0.571. The van der Waals surface area contributed by atoms with Crippen molar-refractivity contribution < 1.29 is 5.11 Å². The minimum absolute atomic E-state index is 0.216. The third-order valence-corrected chi connectivity index (χ3v) is 2.77. The van der Waals surface area contributed by atoms with Gasteiger partial charge in [-0.3, -0.25) is 0 Å². The van der Waals surface area contributed by atoms with Crippen molar-refractivity contribution >= 4 is 22.9 Å². The molecule has 1 N–H and O–H groups in total. The molecule has 1 heterocycles. The van der Waals surface area contributed by atoms with Crippen LogP contribution >= 0.6 is 22.9 Å². The first kappa shape index (κ1) is 8.97. The molecule has 0 fully saturated rings. The van der Waals surface area contributed by atoms with Crippen LogP contribution in [-0.2, 0) is 6.42 Å². The van der Waals surface area contributed by atoms with E-state index in [2.05, 4.69) is 4.98 Å². The van der Waals surface area contributed by atoms with Gasteiger partial charge in [0, 0.05) is 11.5 Å². The summed E-state index contributed by atoms with van der Waals surface area (Å²) in [7, 11) is 0. The first-order valence-electron chi connectivity index (χ1n) is 3.46. The Labute approximate surface area is 74.8 Å². The molecule has 0 unspecified atom stereocenters. The SMILES string of the molecule is Cc1nc(Cl)c(CCCO)s1. The molecule has 0 aliphatic carbocycles. The molecule has 1 rings (SSSR count). The zero-order valence-corrected chi connectivity index (χ0v) is 7.87. The lowest BCUT2D eigenvalue weighted by atomic mass is 10.3. The second-order valence-electron chi connectivity index (χ2n) is 2.27. The number of aliphatic hydroxyl groups is 1. The van der Waals surface area contributed by atoms with E-state index in [1.54, 1.807) is 11.3 Å². The molecule has 0 aromatic carbocycles. The summed E-state index contributed by atoms with van der Waals surface area (Å²) < 4.78 is 0. The van der Waals surface area contributed by atoms with Gasteiger partial charge < -0.3 is 5.11 Å². The molecule has 0 saturated carbocycles. The van der Waals surface area contributed by atoms with Gasteiger partial charge in [0.1, 0.15) is 5.15 Å². The summed E-state index contributed by atoms with van der Waals surface area (Å²) in [4.78, 5) is 5.15. The summed E-state index contributed by atoms with van der Waals surface area (Å²) in [5.41, 5.74) is 0. The van der Waals surface area contributed by atoms with E-state index in [1.165, 1.54) is 0 Å². The Kier molecular flexibility index (Phi) is 3.30. The average molecular weight is 192 g/mol. The monoisotopic (exact) mass is 191 g/mol. The zero-order chi connectivity index (χ0) is 8.27. The first-order valence-corrected chi connectivity index (χ1v) is 4.66. The van der Waals surface area contributed by atoms with Gasteiger partial charge in [-0.1, -0.05) is 11.6 Å². The fourth-order valence-corrected chi connectivity index (χ4v) is 2.09. The topological polar surface area (TPSA) is 33.1 Å². The van der Waals surface area contributed by atoms with Crippen LogP contribution in [-0.4, -0.2) is 16.7 Å². The largest absolute Gasteiger partial charge is 0.396 e. The van der Waals surface area contributed by atoms with Crippen molar-refractivity contribution in [3.8, 4) is 0 Å². The Morgan fingerprint density at radius 3 is 2.82 bits per heavy atom. The molecule has 0 radical (unpaired) electrons. The van der Waals surface area contributed by atoms with Crippen molar-refractivity contribution in [1.82, 2.24) is 4.98 Å². The maximum atomic E-state index is 8.57. The van der Waals surface area contributed by atoms with Crippen LogP contribution in [0.3, 0.4) is 0 Å². The third kappa shape index (κ3) is 2.43. The summed E-state index contributed by atoms with van der Waals surface area (Å²) in [6.07, 6.45) is 1.60. The maximum absolute atomic E-state index is 8.57. The number of hydrogen-bond acceptors (Lipinski definition) is 3. The highest BCUT2D eigenvalue weighted by atomic mass is 35.5. The van der Waals surface area contributed by atoms with Gasteiger partial charge >= 0.3 is 0 Å². The molecule has 0 aliphatic heterocycles. The van der Waals surface area contributed by atoms with Crippen molar-refractivity contribution in [1.29, 1.82) is 0 Å². The molecule has 0 amide bonds. The van der Waals surface area contributed by atoms with Gasteiger partial charge in [0.05, 0.1) is 5.01 Å². The number of nitrogens with zero attached hydrogens (tertiary/aromatic N) is 1. The Bertz CT molecular complexity index is 236. The van der Waals surface area contributed by atoms with Crippen molar-refractivity contribution in [3.05, 3.63) is 15.0 Å². The molecule has 11 heavy (non-hydrogen) atoms. The lowest BCUT2D eigenvalue weighted by Crippen LogP contribution is -1.86. The molecule has 4 heteroatoms. The summed E-state index contributed by atoms with van der Waals surface area (Å²) in [5.74, 6) is 0. The Morgan fingerprint density at radius 1 is 1.64 bits per heavy atom. The number of aliphatic hydroxyl groups excluding tert-OH is 1. The predicted octanol–water partition coefficient (Wildman–Crippen LogP) is 2.03. The highest BCUT2D eigenvalue weighted by Gasteiger charge is 2.04. The average Bonchev–Trinajstić information content (AvgIpc) is 2.26. The van der Waals surface area contributed by atoms with E-state index < -0.39 is 0 Å². The summed E-state index contributed by atoms with van der Waals surface area (Å²) in [5, 5.41) is 10.2. The van der Waals surface area contributed by atoms with Gasteiger partial charge in [-0.15, -0.1) is 11.3 Å². The zero-order valence-electron chi connectivity index (χ0n) is 6.30. The minimum Gasteiger partial charge on any atom is -0.396 e. The number of aryl methyl sites for hydroxylation is 2. The molecule has 0 aliphatic rings. The molecule has 0 atom stereocenters. The number of rotatable bonds is 3.